The van der Waals surface area contributed by atoms with Crippen molar-refractivity contribution in [2.75, 3.05) is 26.9 Å². The van der Waals surface area contributed by atoms with Crippen molar-refractivity contribution in [3.63, 3.8) is 0 Å². The van der Waals surface area contributed by atoms with Crippen molar-refractivity contribution in [1.29, 1.82) is 0 Å². The molecule has 0 saturated carbocycles. The molecule has 2 aromatic carbocycles. The Morgan fingerprint density at radius 3 is 1.96 bits per heavy atom. The van der Waals surface area contributed by atoms with Crippen molar-refractivity contribution in [1.82, 2.24) is 4.90 Å². The van der Waals surface area contributed by atoms with Crippen LogP contribution in [0.4, 0.5) is 0 Å². The zero-order chi connectivity index (χ0) is 32.7. The fraction of sp³-hybridized carbons (Fsp3) is 0.526. The van der Waals surface area contributed by atoms with Crippen molar-refractivity contribution in [2.45, 2.75) is 93.1 Å². The van der Waals surface area contributed by atoms with Gasteiger partial charge in [0.25, 0.3) is 0 Å². The second-order valence-electron chi connectivity index (χ2n) is 14.6. The number of nitrogens with zero attached hydrogens (tertiary/aromatic N) is 1. The van der Waals surface area contributed by atoms with Crippen LogP contribution in [0.1, 0.15) is 94.9 Å². The fourth-order valence-corrected chi connectivity index (χ4v) is 8.26. The van der Waals surface area contributed by atoms with Gasteiger partial charge < -0.3 is 19.1 Å². The van der Waals surface area contributed by atoms with E-state index in [9.17, 15) is 9.59 Å². The number of carbonyl (C=O) groups is 2. The highest BCUT2D eigenvalue weighted by atomic mass is 127. The van der Waals surface area contributed by atoms with E-state index >= 15 is 0 Å². The maximum Gasteiger partial charge on any atom is 0.174 e. The summed E-state index contributed by atoms with van der Waals surface area (Å²) in [5.41, 5.74) is 7.80. The van der Waals surface area contributed by atoms with E-state index < -0.39 is 5.92 Å². The second kappa shape index (κ2) is 13.2. The average Bonchev–Trinajstić information content (AvgIpc) is 2.91. The van der Waals surface area contributed by atoms with E-state index in [1.807, 2.05) is 13.0 Å². The van der Waals surface area contributed by atoms with Gasteiger partial charge in [-0.05, 0) is 96.7 Å². The largest absolute Gasteiger partial charge is 0.490 e. The van der Waals surface area contributed by atoms with Gasteiger partial charge in [0.1, 0.15) is 6.61 Å². The molecule has 0 spiro atoms. The predicted molar refractivity (Wildman–Crippen MR) is 187 cm³/mol. The molecule has 5 rings (SSSR count). The summed E-state index contributed by atoms with van der Waals surface area (Å²) in [5, 5.41) is 0. The number of halogens is 1. The Bertz CT molecular complexity index is 1490. The van der Waals surface area contributed by atoms with Crippen LogP contribution in [0.15, 0.2) is 52.9 Å². The summed E-state index contributed by atoms with van der Waals surface area (Å²) in [6.45, 7) is 17.1. The number of carbonyl (C=O) groups excluding carboxylic acids is 2. The van der Waals surface area contributed by atoms with E-state index in [4.69, 9.17) is 14.2 Å². The highest BCUT2D eigenvalue weighted by Crippen LogP contribution is 2.55. The van der Waals surface area contributed by atoms with Crippen LogP contribution in [-0.2, 0) is 20.9 Å². The molecule has 6 nitrogen and oxygen atoms in total. The monoisotopic (exact) mass is 725 g/mol. The molecule has 0 saturated heterocycles. The van der Waals surface area contributed by atoms with Gasteiger partial charge in [0.05, 0.1) is 10.2 Å². The number of ketones is 2. The number of allylic oxidation sites excluding steroid dienone is 4. The first-order chi connectivity index (χ1) is 21.2. The molecule has 1 aliphatic heterocycles. The number of methoxy groups -OCH3 is 1. The first-order valence-electron chi connectivity index (χ1n) is 16.2. The highest BCUT2D eigenvalue weighted by molar-refractivity contribution is 14.1. The van der Waals surface area contributed by atoms with Crippen LogP contribution >= 0.6 is 22.6 Å². The van der Waals surface area contributed by atoms with E-state index in [0.717, 1.165) is 63.0 Å². The molecule has 0 aromatic heterocycles. The molecule has 2 aliphatic carbocycles. The Morgan fingerprint density at radius 2 is 1.42 bits per heavy atom. The molecule has 2 aromatic rings. The smallest absolute Gasteiger partial charge is 0.174 e. The minimum atomic E-state index is -0.429. The lowest BCUT2D eigenvalue weighted by Gasteiger charge is -2.49. The highest BCUT2D eigenvalue weighted by Gasteiger charge is 2.49. The summed E-state index contributed by atoms with van der Waals surface area (Å²) >= 11 is 2.32. The summed E-state index contributed by atoms with van der Waals surface area (Å²) in [4.78, 5) is 30.7. The van der Waals surface area contributed by atoms with E-state index in [1.165, 1.54) is 11.1 Å². The van der Waals surface area contributed by atoms with E-state index in [-0.39, 0.29) is 22.4 Å². The zero-order valence-electron chi connectivity index (χ0n) is 28.2. The molecule has 0 atom stereocenters. The summed E-state index contributed by atoms with van der Waals surface area (Å²) in [6.07, 6.45) is 3.31. The van der Waals surface area contributed by atoms with Crippen molar-refractivity contribution >= 4 is 34.2 Å². The molecule has 45 heavy (non-hydrogen) atoms. The Labute approximate surface area is 282 Å². The van der Waals surface area contributed by atoms with Crippen LogP contribution in [-0.4, -0.2) is 43.3 Å². The molecule has 242 valence electrons. The zero-order valence-corrected chi connectivity index (χ0v) is 30.4. The average molecular weight is 726 g/mol. The van der Waals surface area contributed by atoms with Crippen molar-refractivity contribution in [3.05, 3.63) is 78.7 Å². The molecule has 3 aliphatic rings. The van der Waals surface area contributed by atoms with Crippen LogP contribution in [0.2, 0.25) is 0 Å². The van der Waals surface area contributed by atoms with E-state index in [0.29, 0.717) is 44.2 Å². The lowest BCUT2D eigenvalue weighted by atomic mass is 9.63. The van der Waals surface area contributed by atoms with Crippen molar-refractivity contribution in [3.8, 4) is 11.5 Å². The standard InChI is InChI=1S/C38H48INO5/c1-9-44-32-17-26(16-27(39)36(32)45-22-25-14-23(2)13-24(3)15-25)33-34-28(18-37(4,5)20-30(34)41)40(11-10-12-43-8)29-19-38(6,7)21-31(42)35(29)33/h13-17,33H,9-12,18-22H2,1-8H3. The minimum absolute atomic E-state index is 0.135. The van der Waals surface area contributed by atoms with Gasteiger partial charge in [0, 0.05) is 61.6 Å². The maximum atomic E-state index is 14.2. The molecule has 1 heterocycles. The normalized spacial score (nSPS) is 19.5. The third-order valence-corrected chi connectivity index (χ3v) is 9.88. The maximum absolute atomic E-state index is 14.2. The number of ether oxygens (including phenoxy) is 3. The summed E-state index contributed by atoms with van der Waals surface area (Å²) in [7, 11) is 1.72. The summed E-state index contributed by atoms with van der Waals surface area (Å²) < 4.78 is 19.0. The Balaban J connectivity index is 1.65. The molecular weight excluding hydrogens is 677 g/mol. The molecule has 0 bridgehead atoms. The molecule has 0 radical (unpaired) electrons. The number of rotatable bonds is 10. The van der Waals surface area contributed by atoms with Crippen LogP contribution < -0.4 is 9.47 Å². The first-order valence-corrected chi connectivity index (χ1v) is 17.3. The van der Waals surface area contributed by atoms with Gasteiger partial charge >= 0.3 is 0 Å². The molecule has 0 N–H and O–H groups in total. The topological polar surface area (TPSA) is 65.1 Å². The number of aryl methyl sites for hydroxylation is 2. The third kappa shape index (κ3) is 7.19. The van der Waals surface area contributed by atoms with Gasteiger partial charge in [-0.3, -0.25) is 9.59 Å². The van der Waals surface area contributed by atoms with Crippen LogP contribution in [0.5, 0.6) is 11.5 Å². The third-order valence-electron chi connectivity index (χ3n) is 9.08. The van der Waals surface area contributed by atoms with Crippen LogP contribution in [0, 0.1) is 28.2 Å². The quantitative estimate of drug-likeness (QED) is 0.181. The number of hydrogen-bond donors (Lipinski definition) is 0. The second-order valence-corrected chi connectivity index (χ2v) is 15.7. The van der Waals surface area contributed by atoms with Crippen molar-refractivity contribution in [2.24, 2.45) is 10.8 Å². The first kappa shape index (κ1) is 33.7. The minimum Gasteiger partial charge on any atom is -0.490 e. The number of benzene rings is 2. The fourth-order valence-electron chi connectivity index (χ4n) is 7.48. The van der Waals surface area contributed by atoms with Gasteiger partial charge in [0.15, 0.2) is 23.1 Å². The molecular formula is C38H48INO5. The summed E-state index contributed by atoms with van der Waals surface area (Å²) in [5.74, 6) is 1.17. The van der Waals surface area contributed by atoms with E-state index in [2.05, 4.69) is 93.3 Å². The Kier molecular flexibility index (Phi) is 9.91. The molecule has 0 amide bonds. The Hall–Kier alpha value is -2.65. The number of Topliss-reactive ketones (excluding diaryl/α,β-unsaturated/α-hetero) is 2. The van der Waals surface area contributed by atoms with Gasteiger partial charge in [-0.1, -0.05) is 57.0 Å². The van der Waals surface area contributed by atoms with Crippen LogP contribution in [0.3, 0.4) is 0 Å². The van der Waals surface area contributed by atoms with E-state index in [1.54, 1.807) is 7.11 Å². The van der Waals surface area contributed by atoms with Gasteiger partial charge in [-0.2, -0.15) is 0 Å². The number of hydrogen-bond acceptors (Lipinski definition) is 6. The Morgan fingerprint density at radius 1 is 0.844 bits per heavy atom. The van der Waals surface area contributed by atoms with Crippen LogP contribution in [0.25, 0.3) is 0 Å². The van der Waals surface area contributed by atoms with Crippen molar-refractivity contribution < 1.29 is 23.8 Å². The van der Waals surface area contributed by atoms with Gasteiger partial charge in [-0.15, -0.1) is 0 Å². The lowest BCUT2D eigenvalue weighted by Crippen LogP contribution is -2.44. The van der Waals surface area contributed by atoms with Gasteiger partial charge in [0.2, 0.25) is 0 Å². The molecule has 7 heteroatoms. The predicted octanol–water partition coefficient (Wildman–Crippen LogP) is 8.61. The molecule has 0 unspecified atom stereocenters. The van der Waals surface area contributed by atoms with Gasteiger partial charge in [-0.25, -0.2) is 0 Å². The molecule has 0 fully saturated rings. The summed E-state index contributed by atoms with van der Waals surface area (Å²) in [6, 6.07) is 10.6. The SMILES string of the molecule is CCOc1cc(C2C3=C(CC(C)(C)CC3=O)N(CCCOC)C3=C2C(=O)CC(C)(C)C3)cc(I)c1OCc1cc(C)cc(C)c1. The lowest BCUT2D eigenvalue weighted by molar-refractivity contribution is -0.119.